The number of pyridine rings is 1. The fourth-order valence-corrected chi connectivity index (χ4v) is 1.05. The summed E-state index contributed by atoms with van der Waals surface area (Å²) in [5.74, 6) is 0. The molecular weight excluding hydrogens is 246 g/mol. The van der Waals surface area contributed by atoms with Crippen molar-refractivity contribution in [2.45, 2.75) is 3.74 Å². The molecule has 0 spiro atoms. The van der Waals surface area contributed by atoms with E-state index < -0.39 is 0 Å². The van der Waals surface area contributed by atoms with Crippen LogP contribution in [0.4, 0.5) is 0 Å². The molecule has 1 rings (SSSR count). The van der Waals surface area contributed by atoms with Crippen LogP contribution < -0.4 is 0 Å². The van der Waals surface area contributed by atoms with Crippen molar-refractivity contribution in [1.29, 1.82) is 0 Å². The summed E-state index contributed by atoms with van der Waals surface area (Å²) in [7, 11) is 0. The van der Waals surface area contributed by atoms with E-state index in [-0.39, 0.29) is 3.74 Å². The van der Waals surface area contributed by atoms with Crippen LogP contribution in [0.3, 0.4) is 0 Å². The molecule has 0 amide bonds. The van der Waals surface area contributed by atoms with Crippen molar-refractivity contribution in [3.8, 4) is 0 Å². The van der Waals surface area contributed by atoms with E-state index in [1.54, 1.807) is 6.20 Å². The number of alkyl halides is 2. The number of hydrogen-bond donors (Lipinski definition) is 0. The van der Waals surface area contributed by atoms with E-state index in [9.17, 15) is 0 Å². The third-order valence-electron chi connectivity index (χ3n) is 0.936. The normalized spacial score (nSPS) is 10.1. The Hall–Kier alpha value is 0.110. The molecule has 0 bridgehead atoms. The van der Waals surface area contributed by atoms with Gasteiger partial charge in [0.05, 0.1) is 3.74 Å². The predicted molar refractivity (Wildman–Crippen MR) is 44.8 cm³/mol. The minimum Gasteiger partial charge on any atom is -0.264 e. The summed E-state index contributed by atoms with van der Waals surface area (Å²) >= 11 is 6.72. The lowest BCUT2D eigenvalue weighted by molar-refractivity contribution is 1.25. The van der Waals surface area contributed by atoms with Crippen molar-refractivity contribution >= 4 is 31.9 Å². The minimum absolute atomic E-state index is 0.221. The summed E-state index contributed by atoms with van der Waals surface area (Å²) in [5, 5.41) is 0. The van der Waals surface area contributed by atoms with Gasteiger partial charge in [0.2, 0.25) is 0 Å². The van der Waals surface area contributed by atoms with Crippen molar-refractivity contribution in [2.24, 2.45) is 0 Å². The SMILES string of the molecule is BrC(Br)c1cccnc1. The molecule has 9 heavy (non-hydrogen) atoms. The molecule has 0 unspecified atom stereocenters. The van der Waals surface area contributed by atoms with E-state index >= 15 is 0 Å². The Labute approximate surface area is 70.8 Å². The van der Waals surface area contributed by atoms with Crippen molar-refractivity contribution in [3.05, 3.63) is 30.1 Å². The van der Waals surface area contributed by atoms with E-state index in [1.807, 2.05) is 18.3 Å². The van der Waals surface area contributed by atoms with Crippen LogP contribution >= 0.6 is 31.9 Å². The largest absolute Gasteiger partial charge is 0.264 e. The van der Waals surface area contributed by atoms with Crippen LogP contribution in [-0.4, -0.2) is 4.98 Å². The van der Waals surface area contributed by atoms with Gasteiger partial charge in [-0.1, -0.05) is 37.9 Å². The van der Waals surface area contributed by atoms with Gasteiger partial charge < -0.3 is 0 Å². The summed E-state index contributed by atoms with van der Waals surface area (Å²) < 4.78 is 0.221. The van der Waals surface area contributed by atoms with E-state index in [0.29, 0.717) is 0 Å². The van der Waals surface area contributed by atoms with E-state index in [2.05, 4.69) is 36.8 Å². The van der Waals surface area contributed by atoms with Gasteiger partial charge in [0, 0.05) is 12.4 Å². The second-order valence-corrected chi connectivity index (χ2v) is 4.65. The highest BCUT2D eigenvalue weighted by atomic mass is 79.9. The smallest absolute Gasteiger partial charge is 0.0961 e. The van der Waals surface area contributed by atoms with Gasteiger partial charge in [-0.2, -0.15) is 0 Å². The van der Waals surface area contributed by atoms with Crippen molar-refractivity contribution in [3.63, 3.8) is 0 Å². The Morgan fingerprint density at radius 1 is 1.44 bits per heavy atom. The first-order chi connectivity index (χ1) is 4.30. The predicted octanol–water partition coefficient (Wildman–Crippen LogP) is 2.87. The quantitative estimate of drug-likeness (QED) is 0.699. The maximum atomic E-state index is 3.95. The fourth-order valence-electron chi connectivity index (χ4n) is 0.505. The molecule has 0 saturated carbocycles. The van der Waals surface area contributed by atoms with Crippen molar-refractivity contribution in [2.75, 3.05) is 0 Å². The lowest BCUT2D eigenvalue weighted by Crippen LogP contribution is -1.79. The van der Waals surface area contributed by atoms with Crippen LogP contribution in [0, 0.1) is 0 Å². The molecule has 1 aromatic heterocycles. The van der Waals surface area contributed by atoms with Crippen LogP contribution in [0.25, 0.3) is 0 Å². The molecule has 1 heterocycles. The Bertz CT molecular complexity index is 174. The van der Waals surface area contributed by atoms with E-state index in [1.165, 1.54) is 0 Å². The number of hydrogen-bond acceptors (Lipinski definition) is 1. The van der Waals surface area contributed by atoms with Crippen molar-refractivity contribution in [1.82, 2.24) is 4.98 Å². The minimum atomic E-state index is 0.221. The highest BCUT2D eigenvalue weighted by molar-refractivity contribution is 9.24. The van der Waals surface area contributed by atoms with Gasteiger partial charge >= 0.3 is 0 Å². The van der Waals surface area contributed by atoms with Gasteiger partial charge in [0.1, 0.15) is 0 Å². The standard InChI is InChI=1S/C6H5Br2N/c7-6(8)5-2-1-3-9-4-5/h1-4,6H. The zero-order chi connectivity index (χ0) is 6.69. The second kappa shape index (κ2) is 3.32. The lowest BCUT2D eigenvalue weighted by Gasteiger charge is -1.97. The first kappa shape index (κ1) is 7.22. The molecule has 0 N–H and O–H groups in total. The molecule has 0 saturated heterocycles. The van der Waals surface area contributed by atoms with Crippen LogP contribution in [0.15, 0.2) is 24.5 Å². The molecule has 3 heteroatoms. The average Bonchev–Trinajstić information content (AvgIpc) is 1.90. The van der Waals surface area contributed by atoms with Gasteiger partial charge in [-0.15, -0.1) is 0 Å². The summed E-state index contributed by atoms with van der Waals surface area (Å²) in [6.45, 7) is 0. The number of nitrogens with zero attached hydrogens (tertiary/aromatic N) is 1. The molecule has 0 aliphatic carbocycles. The van der Waals surface area contributed by atoms with Crippen LogP contribution in [0.5, 0.6) is 0 Å². The molecule has 0 aliphatic heterocycles. The monoisotopic (exact) mass is 249 g/mol. The summed E-state index contributed by atoms with van der Waals surface area (Å²) in [6.07, 6.45) is 3.57. The first-order valence-corrected chi connectivity index (χ1v) is 4.32. The van der Waals surface area contributed by atoms with E-state index in [0.717, 1.165) is 5.56 Å². The highest BCUT2D eigenvalue weighted by Gasteiger charge is 1.98. The summed E-state index contributed by atoms with van der Waals surface area (Å²) in [5.41, 5.74) is 1.14. The number of aromatic nitrogens is 1. The Kier molecular flexibility index (Phi) is 2.66. The third kappa shape index (κ3) is 2.06. The summed E-state index contributed by atoms with van der Waals surface area (Å²) in [4.78, 5) is 3.95. The fraction of sp³-hybridized carbons (Fsp3) is 0.167. The van der Waals surface area contributed by atoms with Gasteiger partial charge in [-0.05, 0) is 11.6 Å². The Balaban J connectivity index is 2.85. The zero-order valence-electron chi connectivity index (χ0n) is 4.59. The molecule has 0 fully saturated rings. The van der Waals surface area contributed by atoms with Gasteiger partial charge in [0.25, 0.3) is 0 Å². The third-order valence-corrected chi connectivity index (χ3v) is 1.99. The first-order valence-electron chi connectivity index (χ1n) is 2.49. The van der Waals surface area contributed by atoms with Gasteiger partial charge in [-0.25, -0.2) is 0 Å². The highest BCUT2D eigenvalue weighted by Crippen LogP contribution is 2.27. The number of halogens is 2. The van der Waals surface area contributed by atoms with Crippen LogP contribution in [0.1, 0.15) is 9.30 Å². The molecule has 1 aromatic rings. The van der Waals surface area contributed by atoms with Crippen molar-refractivity contribution < 1.29 is 0 Å². The van der Waals surface area contributed by atoms with Gasteiger partial charge in [-0.3, -0.25) is 4.98 Å². The molecule has 1 nitrogen and oxygen atoms in total. The lowest BCUT2D eigenvalue weighted by atomic mass is 10.3. The number of rotatable bonds is 1. The van der Waals surface area contributed by atoms with E-state index in [4.69, 9.17) is 0 Å². The second-order valence-electron chi connectivity index (χ2n) is 1.59. The molecular formula is C6H5Br2N. The molecule has 0 aliphatic rings. The molecule has 0 aromatic carbocycles. The molecule has 48 valence electrons. The average molecular weight is 251 g/mol. The maximum Gasteiger partial charge on any atom is 0.0961 e. The summed E-state index contributed by atoms with van der Waals surface area (Å²) in [6, 6.07) is 3.91. The van der Waals surface area contributed by atoms with Gasteiger partial charge in [0.15, 0.2) is 0 Å². The topological polar surface area (TPSA) is 12.9 Å². The maximum absolute atomic E-state index is 3.95. The molecule has 0 atom stereocenters. The molecule has 0 radical (unpaired) electrons. The Morgan fingerprint density at radius 2 is 2.22 bits per heavy atom. The zero-order valence-corrected chi connectivity index (χ0v) is 7.76. The van der Waals surface area contributed by atoms with Crippen LogP contribution in [0.2, 0.25) is 0 Å². The Morgan fingerprint density at radius 3 is 2.56 bits per heavy atom. The van der Waals surface area contributed by atoms with Crippen LogP contribution in [-0.2, 0) is 0 Å².